The van der Waals surface area contributed by atoms with Crippen LogP contribution in [0.15, 0.2) is 53.8 Å². The molecule has 0 saturated heterocycles. The van der Waals surface area contributed by atoms with Crippen LogP contribution in [0.25, 0.3) is 22.7 Å². The SMILES string of the molecule is CCCCCCC(=Cn1ccnc1)c1ccc2[nH]c(=O)ccc2c1. The van der Waals surface area contributed by atoms with E-state index in [1.54, 1.807) is 12.3 Å². The number of hydrogen-bond acceptors (Lipinski definition) is 2. The van der Waals surface area contributed by atoms with Gasteiger partial charge in [-0.2, -0.15) is 0 Å². The van der Waals surface area contributed by atoms with Gasteiger partial charge in [0.05, 0.1) is 6.33 Å². The third-order valence-corrected chi connectivity index (χ3v) is 4.22. The lowest BCUT2D eigenvalue weighted by molar-refractivity contribution is 0.679. The van der Waals surface area contributed by atoms with Crippen LogP contribution in [0.4, 0.5) is 0 Å². The van der Waals surface area contributed by atoms with Crippen molar-refractivity contribution in [3.8, 4) is 0 Å². The molecular formula is C20H23N3O. The highest BCUT2D eigenvalue weighted by atomic mass is 16.1. The summed E-state index contributed by atoms with van der Waals surface area (Å²) in [4.78, 5) is 18.4. The Bertz CT molecular complexity index is 875. The molecule has 2 aromatic heterocycles. The molecule has 0 aliphatic rings. The van der Waals surface area contributed by atoms with Crippen molar-refractivity contribution >= 4 is 22.7 Å². The molecule has 0 atom stereocenters. The van der Waals surface area contributed by atoms with E-state index in [2.05, 4.69) is 35.2 Å². The number of unbranched alkanes of at least 4 members (excludes halogenated alkanes) is 3. The van der Waals surface area contributed by atoms with Gasteiger partial charge in [0.1, 0.15) is 0 Å². The molecule has 1 aromatic carbocycles. The summed E-state index contributed by atoms with van der Waals surface area (Å²) in [5, 5.41) is 1.05. The molecular weight excluding hydrogens is 298 g/mol. The molecule has 3 aromatic rings. The molecule has 0 aliphatic carbocycles. The second kappa shape index (κ2) is 7.77. The van der Waals surface area contributed by atoms with Crippen molar-refractivity contribution in [2.24, 2.45) is 0 Å². The number of rotatable bonds is 7. The molecule has 0 amide bonds. The minimum Gasteiger partial charge on any atom is -0.322 e. The van der Waals surface area contributed by atoms with E-state index in [0.29, 0.717) is 0 Å². The van der Waals surface area contributed by atoms with Gasteiger partial charge in [0.25, 0.3) is 0 Å². The number of allylic oxidation sites excluding steroid dienone is 1. The molecule has 4 heteroatoms. The van der Waals surface area contributed by atoms with E-state index in [0.717, 1.165) is 17.3 Å². The Labute approximate surface area is 141 Å². The lowest BCUT2D eigenvalue weighted by Gasteiger charge is -2.10. The molecule has 124 valence electrons. The van der Waals surface area contributed by atoms with Gasteiger partial charge in [0, 0.05) is 30.2 Å². The van der Waals surface area contributed by atoms with Crippen LogP contribution in [-0.2, 0) is 0 Å². The Kier molecular flexibility index (Phi) is 5.26. The molecule has 0 bridgehead atoms. The largest absolute Gasteiger partial charge is 0.322 e. The summed E-state index contributed by atoms with van der Waals surface area (Å²) >= 11 is 0. The first-order valence-corrected chi connectivity index (χ1v) is 8.58. The fraction of sp³-hybridized carbons (Fsp3) is 0.300. The zero-order valence-electron chi connectivity index (χ0n) is 14.0. The van der Waals surface area contributed by atoms with E-state index in [4.69, 9.17) is 0 Å². The summed E-state index contributed by atoms with van der Waals surface area (Å²) in [5.74, 6) is 0. The van der Waals surface area contributed by atoms with Crippen LogP contribution in [0.3, 0.4) is 0 Å². The number of aromatic nitrogens is 3. The quantitative estimate of drug-likeness (QED) is 0.642. The van der Waals surface area contributed by atoms with Gasteiger partial charge in [-0.15, -0.1) is 0 Å². The first-order chi connectivity index (χ1) is 11.8. The smallest absolute Gasteiger partial charge is 0.248 e. The second-order valence-electron chi connectivity index (χ2n) is 6.10. The Balaban J connectivity index is 1.92. The fourth-order valence-electron chi connectivity index (χ4n) is 2.91. The molecule has 4 nitrogen and oxygen atoms in total. The van der Waals surface area contributed by atoms with Gasteiger partial charge < -0.3 is 9.55 Å². The van der Waals surface area contributed by atoms with Crippen molar-refractivity contribution in [2.45, 2.75) is 39.0 Å². The molecule has 1 N–H and O–H groups in total. The first-order valence-electron chi connectivity index (χ1n) is 8.58. The molecule has 0 saturated carbocycles. The molecule has 3 rings (SSSR count). The maximum absolute atomic E-state index is 11.4. The Hall–Kier alpha value is -2.62. The molecule has 0 aliphatic heterocycles. The van der Waals surface area contributed by atoms with Gasteiger partial charge in [0.15, 0.2) is 0 Å². The van der Waals surface area contributed by atoms with Crippen LogP contribution in [0, 0.1) is 0 Å². The van der Waals surface area contributed by atoms with Gasteiger partial charge in [-0.1, -0.05) is 32.3 Å². The van der Waals surface area contributed by atoms with Crippen LogP contribution >= 0.6 is 0 Å². The molecule has 0 radical (unpaired) electrons. The van der Waals surface area contributed by atoms with Crippen LogP contribution < -0.4 is 5.56 Å². The summed E-state index contributed by atoms with van der Waals surface area (Å²) in [5.41, 5.74) is 3.29. The van der Waals surface area contributed by atoms with Gasteiger partial charge >= 0.3 is 0 Å². The average molecular weight is 321 g/mol. The maximum atomic E-state index is 11.4. The number of fused-ring (bicyclic) bond motifs is 1. The minimum absolute atomic E-state index is 0.0657. The third kappa shape index (κ3) is 4.02. The van der Waals surface area contributed by atoms with Gasteiger partial charge in [-0.05, 0) is 47.6 Å². The molecule has 0 spiro atoms. The Morgan fingerprint density at radius 2 is 2.12 bits per heavy atom. The highest BCUT2D eigenvalue weighted by Crippen LogP contribution is 2.25. The number of imidazole rings is 1. The Morgan fingerprint density at radius 1 is 1.21 bits per heavy atom. The first kappa shape index (κ1) is 16.2. The zero-order valence-corrected chi connectivity index (χ0v) is 14.0. The predicted molar refractivity (Wildman–Crippen MR) is 99.7 cm³/mol. The normalized spacial score (nSPS) is 12.0. The zero-order chi connectivity index (χ0) is 16.8. The number of pyridine rings is 1. The highest BCUT2D eigenvalue weighted by Gasteiger charge is 2.05. The molecule has 2 heterocycles. The highest BCUT2D eigenvalue weighted by molar-refractivity contribution is 5.85. The van der Waals surface area contributed by atoms with Crippen molar-refractivity contribution in [3.05, 3.63) is 65.0 Å². The predicted octanol–water partition coefficient (Wildman–Crippen LogP) is 4.69. The van der Waals surface area contributed by atoms with Gasteiger partial charge in [0.2, 0.25) is 5.56 Å². The van der Waals surface area contributed by atoms with Crippen LogP contribution in [0.5, 0.6) is 0 Å². The summed E-state index contributed by atoms with van der Waals surface area (Å²) in [6.07, 6.45) is 13.7. The lowest BCUT2D eigenvalue weighted by Crippen LogP contribution is -2.02. The van der Waals surface area contributed by atoms with Gasteiger partial charge in [-0.3, -0.25) is 4.79 Å². The summed E-state index contributed by atoms with van der Waals surface area (Å²) in [7, 11) is 0. The summed E-state index contributed by atoms with van der Waals surface area (Å²) in [6.45, 7) is 2.23. The number of hydrogen-bond donors (Lipinski definition) is 1. The standard InChI is InChI=1S/C20H23N3O/c1-2-3-4-5-6-18(14-23-12-11-21-15-23)16-7-9-19-17(13-16)8-10-20(24)22-19/h7-15H,2-6H2,1H3,(H,22,24). The van der Waals surface area contributed by atoms with Crippen LogP contribution in [-0.4, -0.2) is 14.5 Å². The fourth-order valence-corrected chi connectivity index (χ4v) is 2.91. The summed E-state index contributed by atoms with van der Waals surface area (Å²) in [6, 6.07) is 9.67. The van der Waals surface area contributed by atoms with Crippen molar-refractivity contribution in [2.75, 3.05) is 0 Å². The number of nitrogens with zero attached hydrogens (tertiary/aromatic N) is 2. The van der Waals surface area contributed by atoms with Crippen molar-refractivity contribution < 1.29 is 0 Å². The van der Waals surface area contributed by atoms with Crippen LogP contribution in [0.2, 0.25) is 0 Å². The molecule has 0 unspecified atom stereocenters. The van der Waals surface area contributed by atoms with E-state index in [1.165, 1.54) is 36.8 Å². The van der Waals surface area contributed by atoms with Crippen LogP contribution in [0.1, 0.15) is 44.6 Å². The number of nitrogens with one attached hydrogen (secondary N) is 1. The third-order valence-electron chi connectivity index (χ3n) is 4.22. The maximum Gasteiger partial charge on any atom is 0.248 e. The van der Waals surface area contributed by atoms with E-state index in [-0.39, 0.29) is 5.56 Å². The van der Waals surface area contributed by atoms with E-state index in [9.17, 15) is 4.79 Å². The lowest BCUT2D eigenvalue weighted by atomic mass is 9.98. The van der Waals surface area contributed by atoms with Crippen molar-refractivity contribution in [1.82, 2.24) is 14.5 Å². The van der Waals surface area contributed by atoms with Crippen molar-refractivity contribution in [3.63, 3.8) is 0 Å². The van der Waals surface area contributed by atoms with E-state index >= 15 is 0 Å². The minimum atomic E-state index is -0.0657. The monoisotopic (exact) mass is 321 g/mol. The number of aromatic amines is 1. The Morgan fingerprint density at radius 3 is 2.92 bits per heavy atom. The topological polar surface area (TPSA) is 50.7 Å². The number of H-pyrrole nitrogens is 1. The molecule has 24 heavy (non-hydrogen) atoms. The van der Waals surface area contributed by atoms with E-state index in [1.807, 2.05) is 29.2 Å². The summed E-state index contributed by atoms with van der Waals surface area (Å²) < 4.78 is 1.99. The van der Waals surface area contributed by atoms with Gasteiger partial charge in [-0.25, -0.2) is 4.98 Å². The number of benzene rings is 1. The van der Waals surface area contributed by atoms with Crippen molar-refractivity contribution in [1.29, 1.82) is 0 Å². The van der Waals surface area contributed by atoms with E-state index < -0.39 is 0 Å². The second-order valence-corrected chi connectivity index (χ2v) is 6.10. The average Bonchev–Trinajstić information content (AvgIpc) is 3.10. The molecule has 0 fully saturated rings.